The first kappa shape index (κ1) is 13.3. The zero-order chi connectivity index (χ0) is 13.3. The molecule has 3 nitrogen and oxygen atoms in total. The molecule has 1 aromatic rings. The average molecular weight is 253 g/mol. The van der Waals surface area contributed by atoms with Gasteiger partial charge in [0.1, 0.15) is 5.82 Å². The van der Waals surface area contributed by atoms with Gasteiger partial charge in [0, 0.05) is 12.1 Å². The lowest BCUT2D eigenvalue weighted by molar-refractivity contribution is 0.0635. The minimum Gasteiger partial charge on any atom is -0.389 e. The number of benzene rings is 1. The van der Waals surface area contributed by atoms with E-state index in [4.69, 9.17) is 4.74 Å². The van der Waals surface area contributed by atoms with Crippen LogP contribution >= 0.6 is 0 Å². The Labute approximate surface area is 107 Å². The summed E-state index contributed by atoms with van der Waals surface area (Å²) in [4.78, 5) is 1.99. The molecule has 1 aliphatic rings. The molecule has 4 heteroatoms. The summed E-state index contributed by atoms with van der Waals surface area (Å²) in [5.74, 6) is -0.289. The van der Waals surface area contributed by atoms with Crippen molar-refractivity contribution in [2.24, 2.45) is 0 Å². The lowest BCUT2D eigenvalue weighted by Crippen LogP contribution is -2.53. The first-order chi connectivity index (χ1) is 8.43. The third kappa shape index (κ3) is 2.35. The highest BCUT2D eigenvalue weighted by atomic mass is 19.1. The van der Waals surface area contributed by atoms with Crippen molar-refractivity contribution < 1.29 is 14.2 Å². The summed E-state index contributed by atoms with van der Waals surface area (Å²) < 4.78 is 19.6. The van der Waals surface area contributed by atoms with Crippen LogP contribution in [0.25, 0.3) is 0 Å². The van der Waals surface area contributed by atoms with Crippen molar-refractivity contribution in [1.82, 2.24) is 0 Å². The second-order valence-corrected chi connectivity index (χ2v) is 5.37. The predicted octanol–water partition coefficient (Wildman–Crippen LogP) is 2.49. The molecule has 0 unspecified atom stereocenters. The van der Waals surface area contributed by atoms with Crippen LogP contribution in [0.3, 0.4) is 0 Å². The molecule has 1 aromatic carbocycles. The number of aliphatic hydroxyl groups excluding tert-OH is 1. The van der Waals surface area contributed by atoms with Gasteiger partial charge in [0.25, 0.3) is 0 Å². The average Bonchev–Trinajstić information content (AvgIpc) is 2.29. The maximum Gasteiger partial charge on any atom is 0.146 e. The van der Waals surface area contributed by atoms with E-state index in [9.17, 15) is 9.50 Å². The Bertz CT molecular complexity index is 432. The smallest absolute Gasteiger partial charge is 0.146 e. The number of morpholine rings is 1. The van der Waals surface area contributed by atoms with E-state index in [-0.39, 0.29) is 11.4 Å². The van der Waals surface area contributed by atoms with Gasteiger partial charge in [-0.15, -0.1) is 0 Å². The maximum atomic E-state index is 14.1. The van der Waals surface area contributed by atoms with Gasteiger partial charge in [0.05, 0.1) is 30.5 Å². The van der Waals surface area contributed by atoms with E-state index in [0.29, 0.717) is 31.0 Å². The van der Waals surface area contributed by atoms with E-state index in [0.717, 1.165) is 0 Å². The van der Waals surface area contributed by atoms with Gasteiger partial charge in [0.2, 0.25) is 0 Å². The van der Waals surface area contributed by atoms with E-state index in [1.807, 2.05) is 18.7 Å². The van der Waals surface area contributed by atoms with Crippen molar-refractivity contribution in [3.63, 3.8) is 0 Å². The van der Waals surface area contributed by atoms with E-state index in [1.54, 1.807) is 19.1 Å². The van der Waals surface area contributed by atoms with Gasteiger partial charge in [-0.25, -0.2) is 4.39 Å². The minimum atomic E-state index is -0.686. The number of hydrogen-bond acceptors (Lipinski definition) is 3. The van der Waals surface area contributed by atoms with Crippen molar-refractivity contribution in [1.29, 1.82) is 0 Å². The number of rotatable bonds is 2. The highest BCUT2D eigenvalue weighted by molar-refractivity contribution is 5.58. The zero-order valence-electron chi connectivity index (χ0n) is 11.1. The van der Waals surface area contributed by atoms with E-state index in [2.05, 4.69) is 0 Å². The van der Waals surface area contributed by atoms with E-state index in [1.165, 1.54) is 6.07 Å². The zero-order valence-corrected chi connectivity index (χ0v) is 11.1. The summed E-state index contributed by atoms with van der Waals surface area (Å²) in [6.07, 6.45) is -0.686. The van der Waals surface area contributed by atoms with Crippen LogP contribution in [0.1, 0.15) is 32.4 Å². The number of halogens is 1. The highest BCUT2D eigenvalue weighted by Gasteiger charge is 2.34. The molecule has 18 heavy (non-hydrogen) atoms. The molecule has 100 valence electrons. The predicted molar refractivity (Wildman–Crippen MR) is 69.3 cm³/mol. The van der Waals surface area contributed by atoms with Gasteiger partial charge in [0.15, 0.2) is 0 Å². The third-order valence-electron chi connectivity index (χ3n) is 3.38. The van der Waals surface area contributed by atoms with Gasteiger partial charge in [-0.05, 0) is 26.8 Å². The standard InChI is InChI=1S/C14H20FNO2/c1-10(17)11-5-4-6-12(15)13(11)16-7-8-18-9-14(16,2)3/h4-6,10,17H,7-9H2,1-3H3/t10-/m0/s1. The monoisotopic (exact) mass is 253 g/mol. The number of ether oxygens (including phenoxy) is 1. The summed E-state index contributed by atoms with van der Waals surface area (Å²) in [6, 6.07) is 4.84. The summed E-state index contributed by atoms with van der Waals surface area (Å²) in [5, 5.41) is 9.81. The van der Waals surface area contributed by atoms with Crippen LogP contribution in [-0.2, 0) is 4.74 Å². The van der Waals surface area contributed by atoms with E-state index < -0.39 is 6.10 Å². The number of anilines is 1. The van der Waals surface area contributed by atoms with Crippen molar-refractivity contribution >= 4 is 5.69 Å². The second kappa shape index (κ2) is 4.86. The first-order valence-corrected chi connectivity index (χ1v) is 6.25. The fourth-order valence-corrected chi connectivity index (χ4v) is 2.43. The van der Waals surface area contributed by atoms with Crippen LogP contribution in [0.2, 0.25) is 0 Å². The topological polar surface area (TPSA) is 32.7 Å². The van der Waals surface area contributed by atoms with Crippen LogP contribution in [0, 0.1) is 5.82 Å². The molecule has 1 heterocycles. The minimum absolute atomic E-state index is 0.274. The molecule has 0 spiro atoms. The normalized spacial score (nSPS) is 20.8. The Balaban J connectivity index is 2.49. The van der Waals surface area contributed by atoms with E-state index >= 15 is 0 Å². The van der Waals surface area contributed by atoms with Gasteiger partial charge in [-0.3, -0.25) is 0 Å². The fourth-order valence-electron chi connectivity index (χ4n) is 2.43. The van der Waals surface area contributed by atoms with Crippen molar-refractivity contribution in [2.75, 3.05) is 24.7 Å². The molecule has 0 radical (unpaired) electrons. The molecule has 0 aliphatic carbocycles. The third-order valence-corrected chi connectivity index (χ3v) is 3.38. The highest BCUT2D eigenvalue weighted by Crippen LogP contribution is 2.35. The Morgan fingerprint density at radius 1 is 1.44 bits per heavy atom. The van der Waals surface area contributed by atoms with Crippen LogP contribution in [0.5, 0.6) is 0 Å². The molecule has 0 amide bonds. The molecule has 0 aromatic heterocycles. The molecule has 1 saturated heterocycles. The molecule has 1 fully saturated rings. The Morgan fingerprint density at radius 2 is 2.17 bits per heavy atom. The van der Waals surface area contributed by atoms with Crippen molar-refractivity contribution in [3.8, 4) is 0 Å². The van der Waals surface area contributed by atoms with Crippen molar-refractivity contribution in [2.45, 2.75) is 32.4 Å². The van der Waals surface area contributed by atoms with Gasteiger partial charge < -0.3 is 14.7 Å². The summed E-state index contributed by atoms with van der Waals surface area (Å²) in [6.45, 7) is 7.46. The lowest BCUT2D eigenvalue weighted by atomic mass is 9.98. The van der Waals surface area contributed by atoms with Crippen LogP contribution in [0.4, 0.5) is 10.1 Å². The molecular formula is C14H20FNO2. The lowest BCUT2D eigenvalue weighted by Gasteiger charge is -2.44. The van der Waals surface area contributed by atoms with Crippen LogP contribution in [0.15, 0.2) is 18.2 Å². The fraction of sp³-hybridized carbons (Fsp3) is 0.571. The number of para-hydroxylation sites is 1. The molecular weight excluding hydrogens is 233 g/mol. The number of nitrogens with zero attached hydrogens (tertiary/aromatic N) is 1. The summed E-state index contributed by atoms with van der Waals surface area (Å²) in [7, 11) is 0. The molecule has 2 rings (SSSR count). The Hall–Kier alpha value is -1.13. The van der Waals surface area contributed by atoms with Gasteiger partial charge >= 0.3 is 0 Å². The maximum absolute atomic E-state index is 14.1. The summed E-state index contributed by atoms with van der Waals surface area (Å²) in [5.41, 5.74) is 0.857. The molecule has 1 atom stereocenters. The van der Waals surface area contributed by atoms with Gasteiger partial charge in [-0.2, -0.15) is 0 Å². The molecule has 1 N–H and O–H groups in total. The second-order valence-electron chi connectivity index (χ2n) is 5.37. The SMILES string of the molecule is C[C@H](O)c1cccc(F)c1N1CCOCC1(C)C. The quantitative estimate of drug-likeness (QED) is 0.879. The van der Waals surface area contributed by atoms with Crippen LogP contribution < -0.4 is 4.90 Å². The van der Waals surface area contributed by atoms with Gasteiger partial charge in [-0.1, -0.05) is 12.1 Å². The Kier molecular flexibility index (Phi) is 3.59. The van der Waals surface area contributed by atoms with Crippen LogP contribution in [-0.4, -0.2) is 30.4 Å². The number of aliphatic hydroxyl groups is 1. The molecule has 0 saturated carbocycles. The summed E-state index contributed by atoms with van der Waals surface area (Å²) >= 11 is 0. The first-order valence-electron chi connectivity index (χ1n) is 6.25. The van der Waals surface area contributed by atoms with Crippen molar-refractivity contribution in [3.05, 3.63) is 29.6 Å². The molecule has 1 aliphatic heterocycles. The number of hydrogen-bond donors (Lipinski definition) is 1. The Morgan fingerprint density at radius 3 is 2.78 bits per heavy atom. The largest absolute Gasteiger partial charge is 0.389 e. The molecule has 0 bridgehead atoms.